The number of ether oxygens (including phenoxy) is 1. The molecule has 1 fully saturated rings. The molecule has 0 amide bonds. The standard InChI is InChI=1S/C22H23FN6O2/c1-14-9-27(10-15(2)31-14)11-17-7-19-20(24-8-17)28(12-16-3-5-18(23)6-4-16)22(30)29-21(19)25-13-26-29/h3-8,13-15H,9-12H2,1-2H3. The van der Waals surface area contributed by atoms with Gasteiger partial charge in [-0.3, -0.25) is 9.47 Å². The number of nitrogens with zero attached hydrogens (tertiary/aromatic N) is 6. The van der Waals surface area contributed by atoms with Gasteiger partial charge < -0.3 is 4.74 Å². The lowest BCUT2D eigenvalue weighted by Gasteiger charge is -2.35. The van der Waals surface area contributed by atoms with Crippen molar-refractivity contribution in [3.63, 3.8) is 0 Å². The smallest absolute Gasteiger partial charge is 0.352 e. The third-order valence-corrected chi connectivity index (χ3v) is 5.54. The first-order chi connectivity index (χ1) is 15.0. The van der Waals surface area contributed by atoms with Crippen molar-refractivity contribution in [3.05, 3.63) is 70.3 Å². The maximum atomic E-state index is 13.3. The molecular formula is C22H23FN6O2. The molecule has 31 heavy (non-hydrogen) atoms. The molecule has 4 aromatic rings. The summed E-state index contributed by atoms with van der Waals surface area (Å²) >= 11 is 0. The SMILES string of the molecule is CC1CN(Cc2cnc3c(c2)c2ncnn2c(=O)n3Cc2ccc(F)cc2)CC(C)O1. The first-order valence-electron chi connectivity index (χ1n) is 10.3. The van der Waals surface area contributed by atoms with Crippen LogP contribution in [-0.4, -0.2) is 54.3 Å². The first kappa shape index (κ1) is 19.8. The number of hydrogen-bond donors (Lipinski definition) is 0. The molecule has 1 saturated heterocycles. The summed E-state index contributed by atoms with van der Waals surface area (Å²) in [6.45, 7) is 6.86. The van der Waals surface area contributed by atoms with E-state index in [2.05, 4.69) is 33.8 Å². The van der Waals surface area contributed by atoms with Gasteiger partial charge in [-0.2, -0.15) is 9.61 Å². The number of hydrogen-bond acceptors (Lipinski definition) is 6. The molecule has 9 heteroatoms. The van der Waals surface area contributed by atoms with E-state index in [0.29, 0.717) is 11.3 Å². The summed E-state index contributed by atoms with van der Waals surface area (Å²) in [5, 5.41) is 4.86. The van der Waals surface area contributed by atoms with Gasteiger partial charge in [0.2, 0.25) is 0 Å². The number of benzene rings is 1. The van der Waals surface area contributed by atoms with Crippen molar-refractivity contribution in [3.8, 4) is 0 Å². The molecule has 0 aliphatic carbocycles. The van der Waals surface area contributed by atoms with Crippen molar-refractivity contribution < 1.29 is 9.13 Å². The maximum Gasteiger partial charge on any atom is 0.352 e. The Morgan fingerprint density at radius 3 is 2.52 bits per heavy atom. The van der Waals surface area contributed by atoms with Gasteiger partial charge in [0, 0.05) is 25.8 Å². The zero-order valence-corrected chi connectivity index (χ0v) is 17.4. The van der Waals surface area contributed by atoms with Crippen molar-refractivity contribution in [1.82, 2.24) is 29.0 Å². The fraction of sp³-hybridized carbons (Fsp3) is 0.364. The number of halogens is 1. The molecule has 2 atom stereocenters. The Hall–Kier alpha value is -3.17. The van der Waals surface area contributed by atoms with Gasteiger partial charge in [0.1, 0.15) is 17.8 Å². The highest BCUT2D eigenvalue weighted by Crippen LogP contribution is 2.20. The average Bonchev–Trinajstić information content (AvgIpc) is 3.22. The van der Waals surface area contributed by atoms with E-state index >= 15 is 0 Å². The minimum Gasteiger partial charge on any atom is -0.373 e. The Morgan fingerprint density at radius 1 is 1.03 bits per heavy atom. The topological polar surface area (TPSA) is 77.6 Å². The van der Waals surface area contributed by atoms with Crippen LogP contribution in [0.4, 0.5) is 4.39 Å². The lowest BCUT2D eigenvalue weighted by Crippen LogP contribution is -2.44. The molecule has 160 valence electrons. The van der Waals surface area contributed by atoms with Gasteiger partial charge in [-0.15, -0.1) is 0 Å². The summed E-state index contributed by atoms with van der Waals surface area (Å²) < 4.78 is 22.0. The number of pyridine rings is 1. The van der Waals surface area contributed by atoms with Crippen molar-refractivity contribution in [1.29, 1.82) is 0 Å². The fourth-order valence-electron chi connectivity index (χ4n) is 4.32. The molecule has 1 aliphatic heterocycles. The van der Waals surface area contributed by atoms with Gasteiger partial charge in [0.15, 0.2) is 5.65 Å². The molecule has 1 aliphatic rings. The molecule has 0 N–H and O–H groups in total. The fourth-order valence-corrected chi connectivity index (χ4v) is 4.32. The summed E-state index contributed by atoms with van der Waals surface area (Å²) in [6, 6.07) is 8.11. The summed E-state index contributed by atoms with van der Waals surface area (Å²) in [7, 11) is 0. The van der Waals surface area contributed by atoms with Gasteiger partial charge in [0.05, 0.1) is 24.1 Å². The Morgan fingerprint density at radius 2 is 1.77 bits per heavy atom. The van der Waals surface area contributed by atoms with E-state index in [9.17, 15) is 9.18 Å². The van der Waals surface area contributed by atoms with Crippen LogP contribution >= 0.6 is 0 Å². The number of rotatable bonds is 4. The lowest BCUT2D eigenvalue weighted by molar-refractivity contribution is -0.0705. The van der Waals surface area contributed by atoms with Crippen molar-refractivity contribution in [2.24, 2.45) is 0 Å². The maximum absolute atomic E-state index is 13.3. The highest BCUT2D eigenvalue weighted by atomic mass is 19.1. The van der Waals surface area contributed by atoms with E-state index in [1.54, 1.807) is 22.9 Å². The molecule has 0 spiro atoms. The van der Waals surface area contributed by atoms with Crippen LogP contribution in [0.15, 0.2) is 47.7 Å². The van der Waals surface area contributed by atoms with Crippen LogP contribution in [0.2, 0.25) is 0 Å². The number of fused-ring (bicyclic) bond motifs is 3. The van der Waals surface area contributed by atoms with E-state index in [4.69, 9.17) is 4.74 Å². The minimum absolute atomic E-state index is 0.182. The molecule has 8 nitrogen and oxygen atoms in total. The quantitative estimate of drug-likeness (QED) is 0.502. The van der Waals surface area contributed by atoms with Crippen molar-refractivity contribution in [2.75, 3.05) is 13.1 Å². The van der Waals surface area contributed by atoms with E-state index < -0.39 is 0 Å². The Labute approximate surface area is 177 Å². The van der Waals surface area contributed by atoms with Crippen LogP contribution < -0.4 is 5.69 Å². The summed E-state index contributed by atoms with van der Waals surface area (Å²) in [5.74, 6) is -0.317. The van der Waals surface area contributed by atoms with E-state index in [-0.39, 0.29) is 30.3 Å². The largest absolute Gasteiger partial charge is 0.373 e. The Bertz CT molecular complexity index is 1290. The van der Waals surface area contributed by atoms with Crippen LogP contribution in [-0.2, 0) is 17.8 Å². The molecular weight excluding hydrogens is 399 g/mol. The van der Waals surface area contributed by atoms with E-state index in [0.717, 1.165) is 36.1 Å². The predicted octanol–water partition coefficient (Wildman–Crippen LogP) is 2.24. The number of aromatic nitrogens is 5. The van der Waals surface area contributed by atoms with Crippen LogP contribution in [0.1, 0.15) is 25.0 Å². The van der Waals surface area contributed by atoms with E-state index in [1.807, 2.05) is 6.07 Å². The minimum atomic E-state index is -0.333. The number of morpholine rings is 1. The van der Waals surface area contributed by atoms with E-state index in [1.165, 1.54) is 23.0 Å². The Balaban J connectivity index is 1.57. The van der Waals surface area contributed by atoms with Gasteiger partial charge in [-0.05, 0) is 43.2 Å². The molecule has 5 rings (SSSR count). The molecule has 0 bridgehead atoms. The monoisotopic (exact) mass is 422 g/mol. The van der Waals surface area contributed by atoms with Gasteiger partial charge in [0.25, 0.3) is 0 Å². The summed E-state index contributed by atoms with van der Waals surface area (Å²) in [4.78, 5) is 24.3. The molecule has 0 saturated carbocycles. The van der Waals surface area contributed by atoms with Crippen molar-refractivity contribution >= 4 is 16.7 Å². The second-order valence-corrected chi connectivity index (χ2v) is 8.16. The van der Waals surface area contributed by atoms with Gasteiger partial charge >= 0.3 is 5.69 Å². The predicted molar refractivity (Wildman–Crippen MR) is 113 cm³/mol. The molecule has 0 radical (unpaired) electrons. The van der Waals surface area contributed by atoms with Gasteiger partial charge in [-0.25, -0.2) is 19.2 Å². The first-order valence-corrected chi connectivity index (χ1v) is 10.3. The van der Waals surface area contributed by atoms with Crippen LogP contribution in [0.25, 0.3) is 16.7 Å². The molecule has 1 aromatic carbocycles. The zero-order valence-electron chi connectivity index (χ0n) is 17.4. The second-order valence-electron chi connectivity index (χ2n) is 8.16. The highest BCUT2D eigenvalue weighted by Gasteiger charge is 2.23. The molecule has 2 unspecified atom stereocenters. The molecule has 4 heterocycles. The summed E-state index contributed by atoms with van der Waals surface area (Å²) in [6.07, 6.45) is 3.54. The average molecular weight is 422 g/mol. The normalized spacial score (nSPS) is 20.0. The second kappa shape index (κ2) is 7.82. The molecule has 3 aromatic heterocycles. The van der Waals surface area contributed by atoms with Crippen molar-refractivity contribution in [2.45, 2.75) is 39.1 Å². The lowest BCUT2D eigenvalue weighted by atomic mass is 10.1. The third-order valence-electron chi connectivity index (χ3n) is 5.54. The van der Waals surface area contributed by atoms with Gasteiger partial charge in [-0.1, -0.05) is 12.1 Å². The van der Waals surface area contributed by atoms with Crippen LogP contribution in [0.3, 0.4) is 0 Å². The Kier molecular flexibility index (Phi) is 4.99. The summed E-state index contributed by atoms with van der Waals surface area (Å²) in [5.41, 5.74) is 2.51. The van der Waals surface area contributed by atoms with Crippen LogP contribution in [0, 0.1) is 5.82 Å². The third kappa shape index (κ3) is 3.82. The highest BCUT2D eigenvalue weighted by molar-refractivity contribution is 5.89. The van der Waals surface area contributed by atoms with Crippen LogP contribution in [0.5, 0.6) is 0 Å². The zero-order chi connectivity index (χ0) is 21.5.